The average molecular weight is 359 g/mol. The molecule has 0 bridgehead atoms. The monoisotopic (exact) mass is 359 g/mol. The normalized spacial score (nSPS) is 17.7. The van der Waals surface area contributed by atoms with Gasteiger partial charge in [0.05, 0.1) is 61.7 Å². The van der Waals surface area contributed by atoms with Crippen LogP contribution in [0.1, 0.15) is 37.2 Å². The number of aromatic nitrogens is 2. The highest BCUT2D eigenvalue weighted by molar-refractivity contribution is 5.08. The van der Waals surface area contributed by atoms with Gasteiger partial charge in [0.15, 0.2) is 0 Å². The van der Waals surface area contributed by atoms with Gasteiger partial charge >= 0.3 is 0 Å². The summed E-state index contributed by atoms with van der Waals surface area (Å²) in [4.78, 5) is 8.51. The average Bonchev–Trinajstić information content (AvgIpc) is 2.64. The Hall–Kier alpha value is -1.20. The standard InChI is InChI=1S/C16H29N3O6/c1-2-3-11(19-13(7-20)15(24)8-21)12-6-17-10(5-18-12)4-14(23)16(25)9-22/h5-6,11,13-16,19-25H,2-4,7-9H2,1H3/t11-,13+,14+,15+,16-/m1/s1. The van der Waals surface area contributed by atoms with Crippen molar-refractivity contribution in [3.8, 4) is 0 Å². The minimum Gasteiger partial charge on any atom is -0.395 e. The molecule has 0 aliphatic carbocycles. The SMILES string of the molecule is CCC[C@@H](N[C@@H](CO)[C@@H](O)CO)c1cnc(C[C@H](O)[C@H](O)CO)cn1. The van der Waals surface area contributed by atoms with Crippen molar-refractivity contribution < 1.29 is 30.6 Å². The summed E-state index contributed by atoms with van der Waals surface area (Å²) in [6.45, 7) is 0.649. The van der Waals surface area contributed by atoms with Gasteiger partial charge in [0.1, 0.15) is 6.10 Å². The smallest absolute Gasteiger partial charge is 0.103 e. The summed E-state index contributed by atoms with van der Waals surface area (Å²) in [5.74, 6) is 0. The molecule has 0 aliphatic rings. The van der Waals surface area contributed by atoms with Gasteiger partial charge in [-0.2, -0.15) is 0 Å². The van der Waals surface area contributed by atoms with E-state index in [4.69, 9.17) is 10.2 Å². The first-order chi connectivity index (χ1) is 12.0. The summed E-state index contributed by atoms with van der Waals surface area (Å²) in [6, 6.07) is -0.956. The van der Waals surface area contributed by atoms with E-state index in [1.165, 1.54) is 12.4 Å². The number of nitrogens with zero attached hydrogens (tertiary/aromatic N) is 2. The summed E-state index contributed by atoms with van der Waals surface area (Å²) in [7, 11) is 0. The first kappa shape index (κ1) is 21.8. The van der Waals surface area contributed by atoms with Gasteiger partial charge in [-0.1, -0.05) is 13.3 Å². The summed E-state index contributed by atoms with van der Waals surface area (Å²) in [5, 5.41) is 59.1. The van der Waals surface area contributed by atoms with Crippen molar-refractivity contribution in [3.63, 3.8) is 0 Å². The predicted molar refractivity (Wildman–Crippen MR) is 89.6 cm³/mol. The molecule has 0 unspecified atom stereocenters. The Balaban J connectivity index is 2.80. The van der Waals surface area contributed by atoms with E-state index in [9.17, 15) is 20.4 Å². The quantitative estimate of drug-likeness (QED) is 0.221. The van der Waals surface area contributed by atoms with E-state index >= 15 is 0 Å². The fourth-order valence-corrected chi connectivity index (χ4v) is 2.40. The van der Waals surface area contributed by atoms with Crippen molar-refractivity contribution in [2.24, 2.45) is 0 Å². The van der Waals surface area contributed by atoms with Gasteiger partial charge < -0.3 is 36.0 Å². The molecular formula is C16H29N3O6. The van der Waals surface area contributed by atoms with E-state index < -0.39 is 37.6 Å². The molecule has 9 heteroatoms. The molecule has 0 fully saturated rings. The molecule has 9 nitrogen and oxygen atoms in total. The number of hydrogen-bond acceptors (Lipinski definition) is 9. The zero-order chi connectivity index (χ0) is 18.8. The molecule has 0 aliphatic heterocycles. The minimum atomic E-state index is -1.23. The zero-order valence-corrected chi connectivity index (χ0v) is 14.4. The van der Waals surface area contributed by atoms with Crippen LogP contribution in [0.15, 0.2) is 12.4 Å². The maximum absolute atomic E-state index is 9.72. The van der Waals surface area contributed by atoms with Crippen LogP contribution in [0.4, 0.5) is 0 Å². The topological polar surface area (TPSA) is 159 Å². The first-order valence-corrected chi connectivity index (χ1v) is 8.40. The fourth-order valence-electron chi connectivity index (χ4n) is 2.40. The zero-order valence-electron chi connectivity index (χ0n) is 14.4. The molecule has 1 heterocycles. The largest absolute Gasteiger partial charge is 0.395 e. The van der Waals surface area contributed by atoms with Crippen molar-refractivity contribution in [3.05, 3.63) is 23.8 Å². The number of hydrogen-bond donors (Lipinski definition) is 7. The first-order valence-electron chi connectivity index (χ1n) is 8.40. The van der Waals surface area contributed by atoms with Gasteiger partial charge in [0, 0.05) is 12.6 Å². The Labute approximate surface area is 147 Å². The van der Waals surface area contributed by atoms with E-state index in [1.54, 1.807) is 0 Å². The lowest BCUT2D eigenvalue weighted by atomic mass is 10.0. The van der Waals surface area contributed by atoms with Crippen LogP contribution < -0.4 is 5.32 Å². The van der Waals surface area contributed by atoms with Gasteiger partial charge in [-0.15, -0.1) is 0 Å². The van der Waals surface area contributed by atoms with E-state index in [2.05, 4.69) is 15.3 Å². The maximum Gasteiger partial charge on any atom is 0.103 e. The highest BCUT2D eigenvalue weighted by atomic mass is 16.4. The van der Waals surface area contributed by atoms with E-state index in [0.717, 1.165) is 6.42 Å². The van der Waals surface area contributed by atoms with Gasteiger partial charge in [-0.25, -0.2) is 0 Å². The molecule has 0 radical (unpaired) electrons. The van der Waals surface area contributed by atoms with Crippen molar-refractivity contribution in [1.82, 2.24) is 15.3 Å². The van der Waals surface area contributed by atoms with Crippen molar-refractivity contribution in [2.45, 2.75) is 56.6 Å². The van der Waals surface area contributed by atoms with Crippen LogP contribution in [0.2, 0.25) is 0 Å². The van der Waals surface area contributed by atoms with Crippen LogP contribution in [0.5, 0.6) is 0 Å². The Morgan fingerprint density at radius 2 is 1.60 bits per heavy atom. The second kappa shape index (κ2) is 11.4. The molecule has 25 heavy (non-hydrogen) atoms. The van der Waals surface area contributed by atoms with Gasteiger partial charge in [-0.3, -0.25) is 9.97 Å². The van der Waals surface area contributed by atoms with Crippen LogP contribution in [0.25, 0.3) is 0 Å². The molecule has 0 aromatic carbocycles. The van der Waals surface area contributed by atoms with Crippen LogP contribution in [0.3, 0.4) is 0 Å². The second-order valence-electron chi connectivity index (χ2n) is 6.00. The Morgan fingerprint density at radius 1 is 0.920 bits per heavy atom. The number of nitrogens with one attached hydrogen (secondary N) is 1. The molecule has 0 amide bonds. The van der Waals surface area contributed by atoms with Crippen LogP contribution >= 0.6 is 0 Å². The predicted octanol–water partition coefficient (Wildman–Crippen LogP) is -2.12. The lowest BCUT2D eigenvalue weighted by molar-refractivity contribution is -0.0137. The molecule has 0 saturated heterocycles. The fraction of sp³-hybridized carbons (Fsp3) is 0.750. The molecule has 1 aromatic heterocycles. The lowest BCUT2D eigenvalue weighted by Crippen LogP contribution is -2.46. The molecule has 5 atom stereocenters. The van der Waals surface area contributed by atoms with Crippen LogP contribution in [0, 0.1) is 0 Å². The third-order valence-electron chi connectivity index (χ3n) is 3.97. The van der Waals surface area contributed by atoms with Crippen molar-refractivity contribution in [2.75, 3.05) is 19.8 Å². The van der Waals surface area contributed by atoms with Crippen LogP contribution in [-0.2, 0) is 6.42 Å². The molecule has 1 rings (SSSR count). The molecule has 0 spiro atoms. The van der Waals surface area contributed by atoms with Gasteiger partial charge in [0.25, 0.3) is 0 Å². The second-order valence-corrected chi connectivity index (χ2v) is 6.00. The van der Waals surface area contributed by atoms with E-state index in [0.29, 0.717) is 17.8 Å². The summed E-state index contributed by atoms with van der Waals surface area (Å²) in [5.41, 5.74) is 1.07. The number of rotatable bonds is 12. The van der Waals surface area contributed by atoms with Gasteiger partial charge in [0.2, 0.25) is 0 Å². The summed E-state index contributed by atoms with van der Waals surface area (Å²) in [6.07, 6.45) is 1.12. The molecule has 0 saturated carbocycles. The lowest BCUT2D eigenvalue weighted by Gasteiger charge is -2.26. The third-order valence-corrected chi connectivity index (χ3v) is 3.97. The maximum atomic E-state index is 9.72. The van der Waals surface area contributed by atoms with Crippen molar-refractivity contribution >= 4 is 0 Å². The molecular weight excluding hydrogens is 330 g/mol. The van der Waals surface area contributed by atoms with Crippen molar-refractivity contribution in [1.29, 1.82) is 0 Å². The third kappa shape index (κ3) is 6.90. The highest BCUT2D eigenvalue weighted by Gasteiger charge is 2.23. The van der Waals surface area contributed by atoms with Gasteiger partial charge in [-0.05, 0) is 6.42 Å². The molecule has 7 N–H and O–H groups in total. The minimum absolute atomic E-state index is 0.0589. The molecule has 1 aromatic rings. The number of aliphatic hydroxyl groups excluding tert-OH is 6. The number of aliphatic hydroxyl groups is 6. The Morgan fingerprint density at radius 3 is 2.08 bits per heavy atom. The Bertz CT molecular complexity index is 475. The summed E-state index contributed by atoms with van der Waals surface area (Å²) >= 11 is 0. The molecule has 144 valence electrons. The highest BCUT2D eigenvalue weighted by Crippen LogP contribution is 2.17. The van der Waals surface area contributed by atoms with Crippen LogP contribution in [-0.4, -0.2) is 84.8 Å². The Kier molecular flexibility index (Phi) is 9.98. The van der Waals surface area contributed by atoms with E-state index in [-0.39, 0.29) is 19.1 Å². The summed E-state index contributed by atoms with van der Waals surface area (Å²) < 4.78 is 0. The van der Waals surface area contributed by atoms with E-state index in [1.807, 2.05) is 6.92 Å².